The van der Waals surface area contributed by atoms with Crippen LogP contribution in [0, 0.1) is 6.92 Å². The van der Waals surface area contributed by atoms with Crippen LogP contribution in [0.1, 0.15) is 25.3 Å². The first kappa shape index (κ1) is 17.9. The summed E-state index contributed by atoms with van der Waals surface area (Å²) in [7, 11) is -3.54. The van der Waals surface area contributed by atoms with Crippen molar-refractivity contribution in [2.75, 3.05) is 26.2 Å². The standard InChI is InChI=1S/C16H25N3O3S/c1-13-5-7-15(8-6-13)23(21,22)17-11-14(2)18-16(20)12-19-9-3-4-10-19/h5-8,14,17H,3-4,9-12H2,1-2H3,(H,18,20)/p+1. The molecule has 23 heavy (non-hydrogen) atoms. The topological polar surface area (TPSA) is 79.7 Å². The van der Waals surface area contributed by atoms with Gasteiger partial charge in [-0.2, -0.15) is 0 Å². The Labute approximate surface area is 138 Å². The molecule has 0 radical (unpaired) electrons. The molecule has 1 aromatic carbocycles. The van der Waals surface area contributed by atoms with E-state index in [1.807, 2.05) is 6.92 Å². The first-order chi connectivity index (χ1) is 10.9. The lowest BCUT2D eigenvalue weighted by Crippen LogP contribution is -3.11. The molecule has 3 N–H and O–H groups in total. The number of nitrogens with one attached hydrogen (secondary N) is 3. The molecule has 0 saturated carbocycles. The van der Waals surface area contributed by atoms with Crippen molar-refractivity contribution in [3.05, 3.63) is 29.8 Å². The zero-order chi connectivity index (χ0) is 16.9. The largest absolute Gasteiger partial charge is 0.347 e. The Bertz CT molecular complexity index is 622. The molecule has 0 bridgehead atoms. The van der Waals surface area contributed by atoms with Gasteiger partial charge in [0.2, 0.25) is 10.0 Å². The lowest BCUT2D eigenvalue weighted by atomic mass is 10.2. The molecule has 1 amide bonds. The molecule has 1 atom stereocenters. The van der Waals surface area contributed by atoms with Gasteiger partial charge in [0.15, 0.2) is 6.54 Å². The van der Waals surface area contributed by atoms with E-state index in [-0.39, 0.29) is 23.4 Å². The number of quaternary nitrogens is 1. The van der Waals surface area contributed by atoms with Crippen LogP contribution in [-0.2, 0) is 14.8 Å². The Hall–Kier alpha value is -1.44. The highest BCUT2D eigenvalue weighted by Gasteiger charge is 2.20. The highest BCUT2D eigenvalue weighted by Crippen LogP contribution is 2.09. The second-order valence-electron chi connectivity index (χ2n) is 6.27. The summed E-state index contributed by atoms with van der Waals surface area (Å²) in [5, 5.41) is 2.85. The number of amides is 1. The summed E-state index contributed by atoms with van der Waals surface area (Å²) in [5.41, 5.74) is 1.01. The summed E-state index contributed by atoms with van der Waals surface area (Å²) in [4.78, 5) is 13.5. The van der Waals surface area contributed by atoms with Crippen molar-refractivity contribution < 1.29 is 18.1 Å². The lowest BCUT2D eigenvalue weighted by molar-refractivity contribution is -0.879. The molecular weight excluding hydrogens is 314 g/mol. The van der Waals surface area contributed by atoms with Gasteiger partial charge in [0, 0.05) is 25.4 Å². The lowest BCUT2D eigenvalue weighted by Gasteiger charge is -2.17. The van der Waals surface area contributed by atoms with Crippen molar-refractivity contribution in [3.63, 3.8) is 0 Å². The van der Waals surface area contributed by atoms with Gasteiger partial charge >= 0.3 is 0 Å². The van der Waals surface area contributed by atoms with Crippen molar-refractivity contribution in [1.82, 2.24) is 10.0 Å². The summed E-state index contributed by atoms with van der Waals surface area (Å²) < 4.78 is 26.9. The molecule has 1 unspecified atom stereocenters. The monoisotopic (exact) mass is 340 g/mol. The second kappa shape index (κ2) is 7.90. The molecular formula is C16H26N3O3S+. The molecule has 1 aliphatic rings. The Balaban J connectivity index is 1.79. The van der Waals surface area contributed by atoms with Gasteiger partial charge in [-0.1, -0.05) is 17.7 Å². The molecule has 6 nitrogen and oxygen atoms in total. The average Bonchev–Trinajstić information content (AvgIpc) is 2.98. The van der Waals surface area contributed by atoms with Crippen LogP contribution < -0.4 is 14.9 Å². The Morgan fingerprint density at radius 1 is 1.22 bits per heavy atom. The quantitative estimate of drug-likeness (QED) is 0.624. The van der Waals surface area contributed by atoms with Crippen LogP contribution in [0.2, 0.25) is 0 Å². The predicted octanol–water partition coefficient (Wildman–Crippen LogP) is -0.543. The molecule has 0 aliphatic carbocycles. The smallest absolute Gasteiger partial charge is 0.275 e. The van der Waals surface area contributed by atoms with Crippen molar-refractivity contribution in [3.8, 4) is 0 Å². The summed E-state index contributed by atoms with van der Waals surface area (Å²) >= 11 is 0. The molecule has 2 rings (SSSR count). The number of benzene rings is 1. The van der Waals surface area contributed by atoms with E-state index >= 15 is 0 Å². The first-order valence-electron chi connectivity index (χ1n) is 8.06. The summed E-state index contributed by atoms with van der Waals surface area (Å²) in [6.07, 6.45) is 2.35. The maximum Gasteiger partial charge on any atom is 0.275 e. The van der Waals surface area contributed by atoms with Gasteiger partial charge in [-0.3, -0.25) is 4.79 Å². The van der Waals surface area contributed by atoms with Gasteiger partial charge < -0.3 is 10.2 Å². The fourth-order valence-corrected chi connectivity index (χ4v) is 3.82. The number of carbonyl (C=O) groups excluding carboxylic acids is 1. The van der Waals surface area contributed by atoms with Crippen molar-refractivity contribution in [2.24, 2.45) is 0 Å². The zero-order valence-corrected chi connectivity index (χ0v) is 14.6. The van der Waals surface area contributed by atoms with Crippen LogP contribution in [0.3, 0.4) is 0 Å². The maximum atomic E-state index is 12.2. The molecule has 128 valence electrons. The normalized spacial score (nSPS) is 17.1. The fraction of sp³-hybridized carbons (Fsp3) is 0.562. The van der Waals surface area contributed by atoms with Crippen LogP contribution in [0.25, 0.3) is 0 Å². The Morgan fingerprint density at radius 2 is 1.83 bits per heavy atom. The minimum Gasteiger partial charge on any atom is -0.347 e. The molecule has 0 aromatic heterocycles. The fourth-order valence-electron chi connectivity index (χ4n) is 2.69. The van der Waals surface area contributed by atoms with E-state index in [1.165, 1.54) is 17.7 Å². The minimum absolute atomic E-state index is 0.0241. The molecule has 1 saturated heterocycles. The summed E-state index contributed by atoms with van der Waals surface area (Å²) in [6, 6.07) is 6.44. The summed E-state index contributed by atoms with van der Waals surface area (Å²) in [6.45, 7) is 6.44. The number of hydrogen-bond donors (Lipinski definition) is 3. The third-order valence-corrected chi connectivity index (χ3v) is 5.48. The Morgan fingerprint density at radius 3 is 2.43 bits per heavy atom. The zero-order valence-electron chi connectivity index (χ0n) is 13.8. The average molecular weight is 340 g/mol. The van der Waals surface area contributed by atoms with Crippen molar-refractivity contribution in [2.45, 2.75) is 37.6 Å². The highest BCUT2D eigenvalue weighted by molar-refractivity contribution is 7.89. The minimum atomic E-state index is -3.54. The van der Waals surface area contributed by atoms with Gasteiger partial charge in [0.1, 0.15) is 0 Å². The van der Waals surface area contributed by atoms with E-state index in [2.05, 4.69) is 10.0 Å². The van der Waals surface area contributed by atoms with Gasteiger partial charge in [-0.25, -0.2) is 13.1 Å². The SMILES string of the molecule is Cc1ccc(S(=O)(=O)NCC(C)NC(=O)C[NH+]2CCCC2)cc1. The van der Waals surface area contributed by atoms with Crippen LogP contribution in [0.5, 0.6) is 0 Å². The van der Waals surface area contributed by atoms with E-state index in [4.69, 9.17) is 0 Å². The van der Waals surface area contributed by atoms with E-state index in [0.29, 0.717) is 6.54 Å². The highest BCUT2D eigenvalue weighted by atomic mass is 32.2. The molecule has 1 heterocycles. The van der Waals surface area contributed by atoms with E-state index in [9.17, 15) is 13.2 Å². The number of aryl methyl sites for hydroxylation is 1. The number of likely N-dealkylation sites (tertiary alicyclic amines) is 1. The van der Waals surface area contributed by atoms with E-state index in [0.717, 1.165) is 18.7 Å². The van der Waals surface area contributed by atoms with Crippen molar-refractivity contribution in [1.29, 1.82) is 0 Å². The molecule has 1 aromatic rings. The van der Waals surface area contributed by atoms with Gasteiger partial charge in [-0.15, -0.1) is 0 Å². The van der Waals surface area contributed by atoms with Crippen LogP contribution in [0.15, 0.2) is 29.2 Å². The van der Waals surface area contributed by atoms with Crippen LogP contribution >= 0.6 is 0 Å². The van der Waals surface area contributed by atoms with E-state index < -0.39 is 10.0 Å². The maximum absolute atomic E-state index is 12.2. The number of carbonyl (C=O) groups is 1. The third-order valence-electron chi connectivity index (χ3n) is 4.04. The number of rotatable bonds is 7. The predicted molar refractivity (Wildman–Crippen MR) is 88.8 cm³/mol. The number of hydrogen-bond acceptors (Lipinski definition) is 3. The van der Waals surface area contributed by atoms with Gasteiger partial charge in [0.25, 0.3) is 5.91 Å². The van der Waals surface area contributed by atoms with E-state index in [1.54, 1.807) is 31.2 Å². The van der Waals surface area contributed by atoms with Gasteiger partial charge in [-0.05, 0) is 26.0 Å². The third kappa shape index (κ3) is 5.60. The molecule has 1 fully saturated rings. The first-order valence-corrected chi connectivity index (χ1v) is 9.54. The van der Waals surface area contributed by atoms with Crippen molar-refractivity contribution >= 4 is 15.9 Å². The molecule has 0 spiro atoms. The van der Waals surface area contributed by atoms with Crippen LogP contribution in [-0.4, -0.2) is 46.5 Å². The second-order valence-corrected chi connectivity index (χ2v) is 8.03. The summed E-state index contributed by atoms with van der Waals surface area (Å²) in [5.74, 6) is -0.0241. The number of sulfonamides is 1. The molecule has 7 heteroatoms. The Kier molecular flexibility index (Phi) is 6.15. The molecule has 1 aliphatic heterocycles. The van der Waals surface area contributed by atoms with Crippen LogP contribution in [0.4, 0.5) is 0 Å². The van der Waals surface area contributed by atoms with Gasteiger partial charge in [0.05, 0.1) is 18.0 Å².